The van der Waals surface area contributed by atoms with Crippen LogP contribution in [0.1, 0.15) is 23.3 Å². The van der Waals surface area contributed by atoms with E-state index in [1.807, 2.05) is 7.05 Å². The van der Waals surface area contributed by atoms with E-state index in [2.05, 4.69) is 20.2 Å². The first-order valence-electron chi connectivity index (χ1n) is 9.09. The molecule has 0 unspecified atom stereocenters. The summed E-state index contributed by atoms with van der Waals surface area (Å²) in [4.78, 5) is 20.8. The Morgan fingerprint density at radius 3 is 2.60 bits per heavy atom. The van der Waals surface area contributed by atoms with Gasteiger partial charge in [-0.3, -0.25) is 0 Å². The number of hydrogen-bond acceptors (Lipinski definition) is 7. The second-order valence-electron chi connectivity index (χ2n) is 7.14. The van der Waals surface area contributed by atoms with Crippen LogP contribution in [0.4, 0.5) is 33.7 Å². The third-order valence-corrected chi connectivity index (χ3v) is 6.28. The molecule has 166 valence electrons. The lowest BCUT2D eigenvalue weighted by Gasteiger charge is -2.21. The van der Waals surface area contributed by atoms with Crippen molar-refractivity contribution in [1.29, 1.82) is 0 Å². The van der Waals surface area contributed by atoms with E-state index in [9.17, 15) is 22.0 Å². The van der Waals surface area contributed by atoms with Crippen molar-refractivity contribution < 1.29 is 31.9 Å². The molecule has 1 atom stereocenters. The molecule has 0 bridgehead atoms. The number of carbonyl (C=O) groups is 1. The first-order chi connectivity index (χ1) is 13.9. The monoisotopic (exact) mass is 453 g/mol. The summed E-state index contributed by atoms with van der Waals surface area (Å²) < 4.78 is 60.2. The maximum atomic E-state index is 13.8. The van der Waals surface area contributed by atoms with Crippen LogP contribution in [-0.4, -0.2) is 59.3 Å². The molecular formula is C17H20F5N5O2S. The summed E-state index contributed by atoms with van der Waals surface area (Å²) in [5.74, 6) is -4.44. The molecule has 3 heterocycles. The minimum absolute atomic E-state index is 0.0867. The number of thiophene rings is 1. The highest BCUT2D eigenvalue weighted by Gasteiger charge is 2.38. The van der Waals surface area contributed by atoms with Crippen molar-refractivity contribution >= 4 is 39.3 Å². The number of aromatic nitrogens is 2. The van der Waals surface area contributed by atoms with Crippen molar-refractivity contribution in [2.45, 2.75) is 43.8 Å². The average Bonchev–Trinajstić information content (AvgIpc) is 3.25. The Kier molecular flexibility index (Phi) is 6.05. The van der Waals surface area contributed by atoms with E-state index >= 15 is 0 Å². The van der Waals surface area contributed by atoms with Gasteiger partial charge in [0.05, 0.1) is 10.2 Å². The van der Waals surface area contributed by atoms with Crippen LogP contribution in [0.3, 0.4) is 0 Å². The molecule has 30 heavy (non-hydrogen) atoms. The Balaban J connectivity index is 0.000000318. The van der Waals surface area contributed by atoms with E-state index < -0.39 is 18.1 Å². The quantitative estimate of drug-likeness (QED) is 0.601. The molecule has 2 aromatic heterocycles. The third-order valence-electron chi connectivity index (χ3n) is 5.00. The number of carboxylic acid groups (broad SMARTS) is 1. The van der Waals surface area contributed by atoms with Gasteiger partial charge in [0.2, 0.25) is 5.95 Å². The van der Waals surface area contributed by atoms with Crippen LogP contribution in [0, 0.1) is 0 Å². The number of nitrogens with one attached hydrogen (secondary N) is 1. The highest BCUT2D eigenvalue weighted by atomic mass is 32.1. The van der Waals surface area contributed by atoms with Crippen molar-refractivity contribution in [3.05, 3.63) is 10.4 Å². The lowest BCUT2D eigenvalue weighted by atomic mass is 9.95. The van der Waals surface area contributed by atoms with Gasteiger partial charge in [0, 0.05) is 36.9 Å². The topological polar surface area (TPSA) is 104 Å². The van der Waals surface area contributed by atoms with Crippen molar-refractivity contribution in [2.24, 2.45) is 0 Å². The molecule has 1 aliphatic heterocycles. The molecule has 4 rings (SSSR count). The number of hydrogen-bond donors (Lipinski definition) is 3. The van der Waals surface area contributed by atoms with Gasteiger partial charge in [-0.05, 0) is 25.5 Å². The predicted octanol–water partition coefficient (Wildman–Crippen LogP) is 2.83. The second kappa shape index (κ2) is 8.10. The number of aryl methyl sites for hydroxylation is 1. The van der Waals surface area contributed by atoms with E-state index in [0.717, 1.165) is 34.9 Å². The zero-order chi connectivity index (χ0) is 22.3. The van der Waals surface area contributed by atoms with E-state index in [4.69, 9.17) is 15.6 Å². The normalized spacial score (nSPS) is 20.6. The largest absolute Gasteiger partial charge is 0.490 e. The van der Waals surface area contributed by atoms with Crippen molar-refractivity contribution in [1.82, 2.24) is 15.3 Å². The Bertz CT molecular complexity index is 949. The highest BCUT2D eigenvalue weighted by Crippen LogP contribution is 2.44. The molecule has 0 saturated carbocycles. The number of halogens is 5. The van der Waals surface area contributed by atoms with Gasteiger partial charge in [-0.15, -0.1) is 11.3 Å². The fourth-order valence-corrected chi connectivity index (χ4v) is 4.78. The Morgan fingerprint density at radius 2 is 2.03 bits per heavy atom. The predicted molar refractivity (Wildman–Crippen MR) is 102 cm³/mol. The fraction of sp³-hybridized carbons (Fsp3) is 0.588. The zero-order valence-corrected chi connectivity index (χ0v) is 16.7. The number of nitrogen functional groups attached to an aromatic ring is 1. The number of fused-ring (bicyclic) bond motifs is 3. The van der Waals surface area contributed by atoms with E-state index in [1.54, 1.807) is 11.3 Å². The summed E-state index contributed by atoms with van der Waals surface area (Å²) >= 11 is 1.56. The summed E-state index contributed by atoms with van der Waals surface area (Å²) in [6.07, 6.45) is -3.97. The molecule has 2 aliphatic rings. The number of rotatable bonds is 2. The van der Waals surface area contributed by atoms with Gasteiger partial charge in [0.15, 0.2) is 5.82 Å². The van der Waals surface area contributed by atoms with Crippen molar-refractivity contribution in [2.75, 3.05) is 30.8 Å². The van der Waals surface area contributed by atoms with E-state index in [1.165, 1.54) is 0 Å². The van der Waals surface area contributed by atoms with Gasteiger partial charge in [0.25, 0.3) is 5.92 Å². The summed E-state index contributed by atoms with van der Waals surface area (Å²) in [5.41, 5.74) is 7.16. The maximum Gasteiger partial charge on any atom is 0.490 e. The second-order valence-corrected chi connectivity index (χ2v) is 8.25. The summed E-state index contributed by atoms with van der Waals surface area (Å²) in [7, 11) is 1.95. The molecule has 0 spiro atoms. The van der Waals surface area contributed by atoms with Crippen LogP contribution >= 0.6 is 11.3 Å². The lowest BCUT2D eigenvalue weighted by molar-refractivity contribution is -0.192. The first kappa shape index (κ1) is 22.4. The van der Waals surface area contributed by atoms with Crippen LogP contribution in [0.5, 0.6) is 0 Å². The molecule has 1 fully saturated rings. The summed E-state index contributed by atoms with van der Waals surface area (Å²) in [5, 5.41) is 10.4. The number of anilines is 2. The molecular weight excluding hydrogens is 433 g/mol. The number of nitrogens with two attached hydrogens (primary N) is 1. The fourth-order valence-electron chi connectivity index (χ4n) is 3.50. The molecule has 0 radical (unpaired) electrons. The molecule has 1 aliphatic carbocycles. The average molecular weight is 453 g/mol. The molecule has 13 heteroatoms. The van der Waals surface area contributed by atoms with Gasteiger partial charge in [-0.2, -0.15) is 18.2 Å². The first-order valence-corrected chi connectivity index (χ1v) is 9.91. The van der Waals surface area contributed by atoms with Crippen LogP contribution < -0.4 is 16.0 Å². The molecule has 4 N–H and O–H groups in total. The number of nitrogens with zero attached hydrogens (tertiary/aromatic N) is 3. The smallest absolute Gasteiger partial charge is 0.475 e. The maximum absolute atomic E-state index is 13.8. The van der Waals surface area contributed by atoms with Gasteiger partial charge < -0.3 is 21.1 Å². The number of likely N-dealkylation sites (N-methyl/N-ethyl adjacent to an activating group) is 1. The van der Waals surface area contributed by atoms with E-state index in [0.29, 0.717) is 23.5 Å². The van der Waals surface area contributed by atoms with Crippen LogP contribution in [0.25, 0.3) is 10.2 Å². The number of carboxylic acids is 1. The highest BCUT2D eigenvalue weighted by molar-refractivity contribution is 7.19. The van der Waals surface area contributed by atoms with Gasteiger partial charge in [0.1, 0.15) is 0 Å². The lowest BCUT2D eigenvalue weighted by Crippen LogP contribution is -2.30. The molecule has 0 amide bonds. The number of alkyl halides is 5. The SMILES string of the molecule is CN[C@H]1CCN(c2nc(N)nc3c4c(sc23)CCC(F)(F)C4)C1.O=C(O)C(F)(F)F. The van der Waals surface area contributed by atoms with Gasteiger partial charge >= 0.3 is 12.1 Å². The van der Waals surface area contributed by atoms with Gasteiger partial charge in [-0.1, -0.05) is 0 Å². The minimum Gasteiger partial charge on any atom is -0.475 e. The standard InChI is InChI=1S/C15H19F2N5S.C2HF3O2/c1-19-8-3-5-22(7-8)13-12-11(20-14(18)21-13)9-6-15(16,17)4-2-10(9)23-12;3-2(4,5)1(6)7/h8,19H,2-7H2,1H3,(H2,18,20,21);(H,6,7)/t8-;/m0./s1. The molecule has 7 nitrogen and oxygen atoms in total. The summed E-state index contributed by atoms with van der Waals surface area (Å²) in [6, 6.07) is 0.417. The van der Waals surface area contributed by atoms with Crippen LogP contribution in [0.15, 0.2) is 0 Å². The van der Waals surface area contributed by atoms with Crippen molar-refractivity contribution in [3.8, 4) is 0 Å². The van der Waals surface area contributed by atoms with Crippen LogP contribution in [-0.2, 0) is 17.6 Å². The Hall–Kier alpha value is -2.28. The third kappa shape index (κ3) is 4.72. The minimum atomic E-state index is -5.08. The van der Waals surface area contributed by atoms with Gasteiger partial charge in [-0.25, -0.2) is 18.6 Å². The Morgan fingerprint density at radius 1 is 1.37 bits per heavy atom. The molecule has 0 aromatic carbocycles. The number of aliphatic carboxylic acids is 1. The Labute approximate surface area is 172 Å². The zero-order valence-electron chi connectivity index (χ0n) is 15.9. The van der Waals surface area contributed by atoms with Crippen LogP contribution in [0.2, 0.25) is 0 Å². The van der Waals surface area contributed by atoms with E-state index in [-0.39, 0.29) is 18.8 Å². The van der Waals surface area contributed by atoms with Crippen molar-refractivity contribution in [3.63, 3.8) is 0 Å². The molecule has 1 saturated heterocycles. The summed E-state index contributed by atoms with van der Waals surface area (Å²) in [6.45, 7) is 1.73. The molecule has 2 aromatic rings.